The van der Waals surface area contributed by atoms with Crippen LogP contribution in [-0.4, -0.2) is 16.4 Å². The van der Waals surface area contributed by atoms with E-state index in [2.05, 4.69) is 53.4 Å². The summed E-state index contributed by atoms with van der Waals surface area (Å²) in [7, 11) is 0. The van der Waals surface area contributed by atoms with Gasteiger partial charge in [-0.25, -0.2) is 4.99 Å². The highest BCUT2D eigenvalue weighted by atomic mass is 32.1. The molecule has 0 N–H and O–H groups in total. The van der Waals surface area contributed by atoms with Crippen molar-refractivity contribution in [1.82, 2.24) is 0 Å². The molecule has 4 heteroatoms. The van der Waals surface area contributed by atoms with Gasteiger partial charge in [0.1, 0.15) is 0 Å². The normalized spacial score (nSPS) is 12.7. The molecule has 3 nitrogen and oxygen atoms in total. The molecule has 0 bridgehead atoms. The monoisotopic (exact) mass is 283 g/mol. The lowest BCUT2D eigenvalue weighted by Crippen LogP contribution is -2.19. The summed E-state index contributed by atoms with van der Waals surface area (Å²) >= 11 is 4.61. The van der Waals surface area contributed by atoms with Gasteiger partial charge >= 0.3 is 0 Å². The summed E-state index contributed by atoms with van der Waals surface area (Å²) in [6.45, 7) is 10.3. The first-order valence-corrected chi connectivity index (χ1v) is 7.77. The molecule has 0 aliphatic heterocycles. The fraction of sp³-hybridized carbons (Fsp3) is 0.933. The van der Waals surface area contributed by atoms with Gasteiger partial charge in [0.2, 0.25) is 0 Å². The third-order valence-electron chi connectivity index (χ3n) is 3.03. The Morgan fingerprint density at radius 2 is 1.47 bits per heavy atom. The molecule has 0 saturated carbocycles. The number of hydrogen-bond donors (Lipinski definition) is 0. The summed E-state index contributed by atoms with van der Waals surface area (Å²) < 4.78 is 0. The quantitative estimate of drug-likeness (QED) is 0.216. The number of rotatable bonds is 10. The molecule has 0 fully saturated rings. The van der Waals surface area contributed by atoms with Crippen molar-refractivity contribution in [2.75, 3.05) is 0 Å². The molecule has 0 amide bonds. The molecule has 19 heavy (non-hydrogen) atoms. The Kier molecular flexibility index (Phi) is 9.03. The second kappa shape index (κ2) is 9.33. The first-order chi connectivity index (χ1) is 8.83. The zero-order chi connectivity index (χ0) is 14.8. The van der Waals surface area contributed by atoms with Gasteiger partial charge in [0.25, 0.3) is 0 Å². The van der Waals surface area contributed by atoms with Gasteiger partial charge in [-0.15, -0.1) is 0 Å². The van der Waals surface area contributed by atoms with Gasteiger partial charge in [0.05, 0.1) is 10.7 Å². The smallest absolute Gasteiger partial charge is 0.174 e. The summed E-state index contributed by atoms with van der Waals surface area (Å²) in [5, 5.41) is 11.1. The van der Waals surface area contributed by atoms with Crippen molar-refractivity contribution in [1.29, 1.82) is 0 Å². The van der Waals surface area contributed by atoms with E-state index in [9.17, 15) is 0 Å². The van der Waals surface area contributed by atoms with Gasteiger partial charge in [0, 0.05) is 0 Å². The standard InChI is InChI=1S/C15H29N3S/c1-6-7-8-9-10-11-12-14(2,3)17-18-15(4,5)16-13-19/h6-12H2,1-5H3/b18-17+. The minimum atomic E-state index is -0.583. The van der Waals surface area contributed by atoms with Crippen molar-refractivity contribution >= 4 is 17.4 Å². The van der Waals surface area contributed by atoms with Crippen LogP contribution in [0.15, 0.2) is 15.2 Å². The topological polar surface area (TPSA) is 37.1 Å². The summed E-state index contributed by atoms with van der Waals surface area (Å²) in [6.07, 6.45) is 8.92. The third-order valence-corrected chi connectivity index (χ3v) is 3.12. The second-order valence-electron chi connectivity index (χ2n) is 6.23. The predicted octanol–water partition coefficient (Wildman–Crippen LogP) is 5.81. The van der Waals surface area contributed by atoms with E-state index < -0.39 is 5.66 Å². The van der Waals surface area contributed by atoms with E-state index in [0.29, 0.717) is 0 Å². The molecule has 0 atom stereocenters. The van der Waals surface area contributed by atoms with Crippen molar-refractivity contribution in [3.05, 3.63) is 0 Å². The highest BCUT2D eigenvalue weighted by Crippen LogP contribution is 2.22. The van der Waals surface area contributed by atoms with Crippen molar-refractivity contribution in [2.45, 2.75) is 90.8 Å². The van der Waals surface area contributed by atoms with Gasteiger partial charge in [-0.3, -0.25) is 0 Å². The maximum atomic E-state index is 4.61. The van der Waals surface area contributed by atoms with Crippen molar-refractivity contribution in [3.63, 3.8) is 0 Å². The molecular weight excluding hydrogens is 254 g/mol. The zero-order valence-electron chi connectivity index (χ0n) is 13.2. The van der Waals surface area contributed by atoms with Crippen molar-refractivity contribution in [2.24, 2.45) is 15.2 Å². The average molecular weight is 283 g/mol. The molecule has 0 aliphatic rings. The molecule has 0 saturated heterocycles. The summed E-state index contributed by atoms with van der Waals surface area (Å²) in [5.41, 5.74) is -0.695. The fourth-order valence-electron chi connectivity index (χ4n) is 1.78. The molecule has 0 unspecified atom stereocenters. The van der Waals surface area contributed by atoms with Gasteiger partial charge in [-0.2, -0.15) is 10.2 Å². The highest BCUT2D eigenvalue weighted by Gasteiger charge is 2.19. The predicted molar refractivity (Wildman–Crippen MR) is 86.0 cm³/mol. The number of thiocarbonyl (C=S) groups is 1. The summed E-state index contributed by atoms with van der Waals surface area (Å²) in [5.74, 6) is 0. The maximum absolute atomic E-state index is 4.61. The molecule has 0 aromatic rings. The fourth-order valence-corrected chi connectivity index (χ4v) is 2.00. The van der Waals surface area contributed by atoms with E-state index in [0.717, 1.165) is 6.42 Å². The van der Waals surface area contributed by atoms with E-state index in [1.54, 1.807) is 0 Å². The molecule has 110 valence electrons. The van der Waals surface area contributed by atoms with Gasteiger partial charge in [0.15, 0.2) is 5.66 Å². The van der Waals surface area contributed by atoms with Crippen molar-refractivity contribution in [3.8, 4) is 0 Å². The van der Waals surface area contributed by atoms with Crippen LogP contribution in [-0.2, 0) is 0 Å². The minimum Gasteiger partial charge on any atom is -0.201 e. The molecule has 0 aromatic carbocycles. The van der Waals surface area contributed by atoms with Crippen LogP contribution < -0.4 is 0 Å². The second-order valence-corrected chi connectivity index (χ2v) is 6.41. The number of hydrogen-bond acceptors (Lipinski definition) is 4. The van der Waals surface area contributed by atoms with Gasteiger partial charge in [-0.1, -0.05) is 45.4 Å². The Bertz CT molecular complexity index is 315. The Hall–Kier alpha value is -0.600. The molecule has 0 rings (SSSR count). The molecule has 0 aliphatic carbocycles. The highest BCUT2D eigenvalue weighted by molar-refractivity contribution is 7.78. The molecule has 0 spiro atoms. The first kappa shape index (κ1) is 18.4. The van der Waals surface area contributed by atoms with E-state index >= 15 is 0 Å². The Morgan fingerprint density at radius 1 is 0.895 bits per heavy atom. The van der Waals surface area contributed by atoms with Crippen LogP contribution in [0.2, 0.25) is 0 Å². The van der Waals surface area contributed by atoms with Crippen LogP contribution in [0.25, 0.3) is 0 Å². The number of unbranched alkanes of at least 4 members (excludes halogenated alkanes) is 5. The van der Waals surface area contributed by atoms with Crippen LogP contribution >= 0.6 is 12.2 Å². The lowest BCUT2D eigenvalue weighted by molar-refractivity contribution is 0.393. The van der Waals surface area contributed by atoms with E-state index in [1.807, 2.05) is 13.8 Å². The number of nitrogens with zero attached hydrogens (tertiary/aromatic N) is 3. The SMILES string of the molecule is CCCCCCCCC(C)(C)/N=N/C(C)(C)N=C=S. The lowest BCUT2D eigenvalue weighted by Gasteiger charge is -2.20. The minimum absolute atomic E-state index is 0.112. The largest absolute Gasteiger partial charge is 0.201 e. The van der Waals surface area contributed by atoms with Gasteiger partial charge < -0.3 is 0 Å². The Balaban J connectivity index is 4.04. The third kappa shape index (κ3) is 11.0. The van der Waals surface area contributed by atoms with Crippen LogP contribution in [0.4, 0.5) is 0 Å². The first-order valence-electron chi connectivity index (χ1n) is 7.36. The summed E-state index contributed by atoms with van der Waals surface area (Å²) in [6, 6.07) is 0. The van der Waals surface area contributed by atoms with E-state index in [-0.39, 0.29) is 5.54 Å². The van der Waals surface area contributed by atoms with Crippen LogP contribution in [0.5, 0.6) is 0 Å². The average Bonchev–Trinajstić information content (AvgIpc) is 2.32. The van der Waals surface area contributed by atoms with Crippen LogP contribution in [0.3, 0.4) is 0 Å². The lowest BCUT2D eigenvalue weighted by atomic mass is 9.97. The van der Waals surface area contributed by atoms with E-state index in [4.69, 9.17) is 0 Å². The number of aliphatic imine (C=N–C) groups is 1. The van der Waals surface area contributed by atoms with Crippen LogP contribution in [0, 0.1) is 0 Å². The number of azo groups is 1. The van der Waals surface area contributed by atoms with Gasteiger partial charge in [-0.05, 0) is 46.3 Å². The number of isothiocyanates is 1. The van der Waals surface area contributed by atoms with Crippen LogP contribution in [0.1, 0.15) is 79.6 Å². The molecular formula is C15H29N3S. The molecule has 0 aromatic heterocycles. The zero-order valence-corrected chi connectivity index (χ0v) is 14.0. The maximum Gasteiger partial charge on any atom is 0.174 e. The molecule has 0 heterocycles. The Labute approximate surface area is 124 Å². The summed E-state index contributed by atoms with van der Waals surface area (Å²) in [4.78, 5) is 3.99. The van der Waals surface area contributed by atoms with Crippen molar-refractivity contribution < 1.29 is 0 Å². The Morgan fingerprint density at radius 3 is 2.05 bits per heavy atom. The van der Waals surface area contributed by atoms with E-state index in [1.165, 1.54) is 38.5 Å². The molecule has 0 radical (unpaired) electrons.